The van der Waals surface area contributed by atoms with Gasteiger partial charge in [0.05, 0.1) is 23.1 Å². The van der Waals surface area contributed by atoms with Crippen molar-refractivity contribution in [2.75, 3.05) is 5.75 Å². The van der Waals surface area contributed by atoms with Crippen LogP contribution in [0.4, 0.5) is 0 Å². The number of aryl methyl sites for hydroxylation is 1. The quantitative estimate of drug-likeness (QED) is 0.928. The first-order chi connectivity index (χ1) is 11.5. The number of nitrogens with one attached hydrogen (secondary N) is 1. The van der Waals surface area contributed by atoms with E-state index in [0.29, 0.717) is 11.3 Å². The second kappa shape index (κ2) is 6.77. The van der Waals surface area contributed by atoms with Crippen molar-refractivity contribution >= 4 is 15.7 Å². The monoisotopic (exact) mass is 343 g/mol. The molecule has 126 valence electrons. The Bertz CT molecular complexity index is 844. The van der Waals surface area contributed by atoms with Crippen LogP contribution in [0.5, 0.6) is 0 Å². The Hall–Kier alpha value is -2.14. The topological polar surface area (TPSA) is 63.2 Å². The zero-order valence-corrected chi connectivity index (χ0v) is 14.5. The Kier molecular flexibility index (Phi) is 4.71. The van der Waals surface area contributed by atoms with E-state index in [2.05, 4.69) is 5.32 Å². The third-order valence-corrected chi connectivity index (χ3v) is 6.26. The minimum Gasteiger partial charge on any atom is -0.349 e. The minimum atomic E-state index is -3.14. The summed E-state index contributed by atoms with van der Waals surface area (Å²) in [5, 5.41) is 2.98. The van der Waals surface area contributed by atoms with Crippen LogP contribution < -0.4 is 5.32 Å². The maximum absolute atomic E-state index is 12.3. The average Bonchev–Trinajstić information content (AvgIpc) is 2.55. The van der Waals surface area contributed by atoms with Gasteiger partial charge in [0.2, 0.25) is 5.91 Å². The van der Waals surface area contributed by atoms with E-state index in [1.165, 1.54) is 0 Å². The van der Waals surface area contributed by atoms with Crippen LogP contribution in [0.2, 0.25) is 0 Å². The van der Waals surface area contributed by atoms with Crippen LogP contribution in [0.15, 0.2) is 53.4 Å². The zero-order chi connectivity index (χ0) is 17.2. The summed E-state index contributed by atoms with van der Waals surface area (Å²) in [5.74, 6) is 0.152. The molecule has 0 spiro atoms. The van der Waals surface area contributed by atoms with Gasteiger partial charge in [0.15, 0.2) is 9.84 Å². The number of benzene rings is 2. The van der Waals surface area contributed by atoms with E-state index in [1.54, 1.807) is 12.1 Å². The second-order valence-corrected chi connectivity index (χ2v) is 8.32. The van der Waals surface area contributed by atoms with Gasteiger partial charge in [0.25, 0.3) is 0 Å². The third-order valence-electron chi connectivity index (χ3n) is 4.36. The van der Waals surface area contributed by atoms with Crippen molar-refractivity contribution in [3.63, 3.8) is 0 Å². The van der Waals surface area contributed by atoms with Crippen molar-refractivity contribution in [2.45, 2.75) is 37.1 Å². The van der Waals surface area contributed by atoms with Gasteiger partial charge in [0.1, 0.15) is 0 Å². The fourth-order valence-corrected chi connectivity index (χ4v) is 4.69. The molecule has 2 aromatic rings. The average molecular weight is 343 g/mol. The highest BCUT2D eigenvalue weighted by molar-refractivity contribution is 7.91. The molecule has 0 radical (unpaired) electrons. The molecule has 0 aromatic heterocycles. The summed E-state index contributed by atoms with van der Waals surface area (Å²) in [4.78, 5) is 12.7. The van der Waals surface area contributed by atoms with E-state index < -0.39 is 9.84 Å². The van der Waals surface area contributed by atoms with E-state index >= 15 is 0 Å². The summed E-state index contributed by atoms with van der Waals surface area (Å²) >= 11 is 0. The largest absolute Gasteiger partial charge is 0.349 e. The van der Waals surface area contributed by atoms with Crippen LogP contribution in [0, 0.1) is 0 Å². The van der Waals surface area contributed by atoms with Crippen LogP contribution in [0.25, 0.3) is 0 Å². The highest BCUT2D eigenvalue weighted by Crippen LogP contribution is 2.26. The first kappa shape index (κ1) is 16.7. The second-order valence-electron chi connectivity index (χ2n) is 6.24. The van der Waals surface area contributed by atoms with Crippen molar-refractivity contribution in [1.29, 1.82) is 0 Å². The Morgan fingerprint density at radius 2 is 1.92 bits per heavy atom. The fraction of sp³-hybridized carbons (Fsp3) is 0.316. The molecule has 0 saturated heterocycles. The van der Waals surface area contributed by atoms with Gasteiger partial charge in [-0.3, -0.25) is 4.79 Å². The first-order valence-corrected chi connectivity index (χ1v) is 9.80. The van der Waals surface area contributed by atoms with E-state index in [-0.39, 0.29) is 24.1 Å². The molecule has 1 atom stereocenters. The Balaban J connectivity index is 1.69. The molecule has 1 aliphatic rings. The summed E-state index contributed by atoms with van der Waals surface area (Å²) in [6, 6.07) is 15.0. The van der Waals surface area contributed by atoms with Crippen LogP contribution in [-0.4, -0.2) is 20.1 Å². The Labute approximate surface area is 142 Å². The standard InChI is InChI=1S/C19H21NO3S/c1-14(16-6-3-2-4-7-16)20-19(21)13-15-9-10-18-17(12-15)8-5-11-24(18,22)23/h2-4,6-7,9-10,12,14H,5,8,11,13H2,1H3,(H,20,21). The first-order valence-electron chi connectivity index (χ1n) is 8.14. The van der Waals surface area contributed by atoms with E-state index in [1.807, 2.05) is 43.3 Å². The number of hydrogen-bond donors (Lipinski definition) is 1. The normalized spacial score (nSPS) is 16.9. The summed E-state index contributed by atoms with van der Waals surface area (Å²) in [5.41, 5.74) is 2.74. The molecule has 0 bridgehead atoms. The minimum absolute atomic E-state index is 0.0586. The Morgan fingerprint density at radius 1 is 1.17 bits per heavy atom. The molecule has 5 heteroatoms. The van der Waals surface area contributed by atoms with E-state index in [9.17, 15) is 13.2 Å². The van der Waals surface area contributed by atoms with Crippen LogP contribution in [0.1, 0.15) is 36.1 Å². The SMILES string of the molecule is CC(NC(=O)Cc1ccc2c(c1)CCCS2(=O)=O)c1ccccc1. The van der Waals surface area contributed by atoms with Gasteiger partial charge < -0.3 is 5.32 Å². The van der Waals surface area contributed by atoms with Gasteiger partial charge in [-0.05, 0) is 42.5 Å². The maximum Gasteiger partial charge on any atom is 0.224 e. The van der Waals surface area contributed by atoms with Crippen molar-refractivity contribution in [3.05, 3.63) is 65.2 Å². The highest BCUT2D eigenvalue weighted by Gasteiger charge is 2.23. The van der Waals surface area contributed by atoms with Gasteiger partial charge >= 0.3 is 0 Å². The predicted octanol–water partition coefficient (Wildman–Crippen LogP) is 2.83. The molecule has 2 aromatic carbocycles. The molecule has 3 rings (SSSR count). The lowest BCUT2D eigenvalue weighted by atomic mass is 10.0. The molecule has 1 aliphatic heterocycles. The van der Waals surface area contributed by atoms with Crippen molar-refractivity contribution < 1.29 is 13.2 Å². The zero-order valence-electron chi connectivity index (χ0n) is 13.7. The number of fused-ring (bicyclic) bond motifs is 1. The van der Waals surface area contributed by atoms with Gasteiger partial charge in [-0.1, -0.05) is 42.5 Å². The summed E-state index contributed by atoms with van der Waals surface area (Å²) in [6.45, 7) is 1.95. The fourth-order valence-electron chi connectivity index (χ4n) is 3.11. The molecule has 1 heterocycles. The van der Waals surface area contributed by atoms with Gasteiger partial charge in [0, 0.05) is 0 Å². The van der Waals surface area contributed by atoms with Gasteiger partial charge in [-0.2, -0.15) is 0 Å². The molecule has 1 unspecified atom stereocenters. The molecular weight excluding hydrogens is 322 g/mol. The Morgan fingerprint density at radius 3 is 2.67 bits per heavy atom. The third kappa shape index (κ3) is 3.67. The molecule has 1 amide bonds. The van der Waals surface area contributed by atoms with Crippen LogP contribution in [0.3, 0.4) is 0 Å². The smallest absolute Gasteiger partial charge is 0.224 e. The van der Waals surface area contributed by atoms with E-state index in [0.717, 1.165) is 23.1 Å². The van der Waals surface area contributed by atoms with Gasteiger partial charge in [-0.15, -0.1) is 0 Å². The van der Waals surface area contributed by atoms with Crippen molar-refractivity contribution in [1.82, 2.24) is 5.32 Å². The number of amides is 1. The molecular formula is C19H21NO3S. The maximum atomic E-state index is 12.3. The van der Waals surface area contributed by atoms with Gasteiger partial charge in [-0.25, -0.2) is 8.42 Å². The summed E-state index contributed by atoms with van der Waals surface area (Å²) in [7, 11) is -3.14. The number of hydrogen-bond acceptors (Lipinski definition) is 3. The lowest BCUT2D eigenvalue weighted by Gasteiger charge is -2.18. The molecule has 4 nitrogen and oxygen atoms in total. The summed E-state index contributed by atoms with van der Waals surface area (Å²) in [6.07, 6.45) is 1.66. The van der Waals surface area contributed by atoms with Crippen LogP contribution in [-0.2, 0) is 27.5 Å². The lowest BCUT2D eigenvalue weighted by molar-refractivity contribution is -0.121. The lowest BCUT2D eigenvalue weighted by Crippen LogP contribution is -2.28. The van der Waals surface area contributed by atoms with Crippen LogP contribution >= 0.6 is 0 Å². The molecule has 0 aliphatic carbocycles. The molecule has 0 fully saturated rings. The highest BCUT2D eigenvalue weighted by atomic mass is 32.2. The number of carbonyl (C=O) groups is 1. The summed E-state index contributed by atoms with van der Waals surface area (Å²) < 4.78 is 24.1. The van der Waals surface area contributed by atoms with Crippen molar-refractivity contribution in [3.8, 4) is 0 Å². The number of sulfone groups is 1. The number of rotatable bonds is 4. The van der Waals surface area contributed by atoms with Crippen molar-refractivity contribution in [2.24, 2.45) is 0 Å². The molecule has 24 heavy (non-hydrogen) atoms. The number of carbonyl (C=O) groups excluding carboxylic acids is 1. The molecule has 0 saturated carbocycles. The molecule has 1 N–H and O–H groups in total. The van der Waals surface area contributed by atoms with E-state index in [4.69, 9.17) is 0 Å². The predicted molar refractivity (Wildman–Crippen MR) is 93.5 cm³/mol.